The van der Waals surface area contributed by atoms with Crippen LogP contribution >= 0.6 is 0 Å². The normalized spacial score (nSPS) is 52.0. The van der Waals surface area contributed by atoms with Crippen molar-refractivity contribution in [2.24, 2.45) is 56.5 Å². The number of carbonyl (C=O) groups excluding carboxylic acids is 2. The molecule has 0 aromatic heterocycles. The summed E-state index contributed by atoms with van der Waals surface area (Å²) in [5, 5.41) is 23.3. The standard InChI is InChI=1S/C33H53NO7/c1-17-15-19(26(29(5,6)38)39-18(2)35)40-24-23(17)30(7)13-14-33-16-32(33)12-11-22(41-27(34)37)28(3,4)20(32)9-10-21(33)31(30,8)25(24)36/h17,19-26,36,38H,9-16H2,1-8H3,(H2,34,37)/t17-,19-,20+,21+,22?,23+,24+,25+,26+,30-,31-,32-,33+/m1/s1. The topological polar surface area (TPSA) is 128 Å². The van der Waals surface area contributed by atoms with Crippen molar-refractivity contribution in [1.29, 1.82) is 0 Å². The van der Waals surface area contributed by atoms with Crippen molar-refractivity contribution in [3.8, 4) is 0 Å². The van der Waals surface area contributed by atoms with Gasteiger partial charge in [-0.15, -0.1) is 0 Å². The number of hydrogen-bond donors (Lipinski definition) is 3. The fourth-order valence-electron chi connectivity index (χ4n) is 12.7. The number of ether oxygens (including phenoxy) is 3. The van der Waals surface area contributed by atoms with Crippen molar-refractivity contribution in [3.63, 3.8) is 0 Å². The van der Waals surface area contributed by atoms with Gasteiger partial charge in [-0.2, -0.15) is 0 Å². The van der Waals surface area contributed by atoms with Gasteiger partial charge in [-0.3, -0.25) is 4.79 Å². The third-order valence-electron chi connectivity index (χ3n) is 14.4. The lowest BCUT2D eigenvalue weighted by atomic mass is 9.41. The fraction of sp³-hybridized carbons (Fsp3) is 0.939. The Morgan fingerprint density at radius 2 is 1.66 bits per heavy atom. The zero-order chi connectivity index (χ0) is 30.1. The highest BCUT2D eigenvalue weighted by molar-refractivity contribution is 5.66. The van der Waals surface area contributed by atoms with Crippen molar-refractivity contribution in [2.45, 2.75) is 143 Å². The second-order valence-corrected chi connectivity index (χ2v) is 16.7. The van der Waals surface area contributed by atoms with E-state index in [2.05, 4.69) is 34.6 Å². The van der Waals surface area contributed by atoms with E-state index in [0.29, 0.717) is 18.3 Å². The molecule has 4 N–H and O–H groups in total. The molecule has 8 nitrogen and oxygen atoms in total. The first-order chi connectivity index (χ1) is 18.9. The first-order valence-corrected chi connectivity index (χ1v) is 16.1. The van der Waals surface area contributed by atoms with E-state index in [1.807, 2.05) is 0 Å². The van der Waals surface area contributed by atoms with Crippen LogP contribution in [0.5, 0.6) is 0 Å². The smallest absolute Gasteiger partial charge is 0.404 e. The minimum absolute atomic E-state index is 0.0819. The average molecular weight is 576 g/mol. The van der Waals surface area contributed by atoms with Gasteiger partial charge in [-0.25, -0.2) is 4.79 Å². The average Bonchev–Trinajstić information content (AvgIpc) is 3.48. The molecule has 6 rings (SSSR count). The number of esters is 1. The van der Waals surface area contributed by atoms with Crippen molar-refractivity contribution < 1.29 is 34.0 Å². The van der Waals surface area contributed by atoms with Crippen molar-refractivity contribution >= 4 is 12.1 Å². The molecule has 0 radical (unpaired) electrons. The van der Waals surface area contributed by atoms with E-state index in [4.69, 9.17) is 19.9 Å². The third kappa shape index (κ3) is 3.68. The number of nitrogens with two attached hydrogens (primary N) is 1. The Labute approximate surface area is 245 Å². The van der Waals surface area contributed by atoms with Crippen LogP contribution in [0.25, 0.3) is 0 Å². The number of carbonyl (C=O) groups is 2. The van der Waals surface area contributed by atoms with Gasteiger partial charge < -0.3 is 30.2 Å². The van der Waals surface area contributed by atoms with Crippen molar-refractivity contribution in [1.82, 2.24) is 0 Å². The lowest BCUT2D eigenvalue weighted by molar-refractivity contribution is -0.216. The van der Waals surface area contributed by atoms with Crippen LogP contribution in [0, 0.1) is 50.7 Å². The van der Waals surface area contributed by atoms with Gasteiger partial charge in [0, 0.05) is 17.8 Å². The maximum atomic E-state index is 12.4. The van der Waals surface area contributed by atoms with Gasteiger partial charge in [-0.05, 0) is 105 Å². The molecule has 0 aromatic rings. The maximum absolute atomic E-state index is 12.4. The van der Waals surface area contributed by atoms with Gasteiger partial charge >= 0.3 is 12.1 Å². The molecule has 8 heteroatoms. The quantitative estimate of drug-likeness (QED) is 0.404. The minimum Gasteiger partial charge on any atom is -0.457 e. The van der Waals surface area contributed by atoms with Crippen molar-refractivity contribution in [2.75, 3.05) is 0 Å². The second kappa shape index (κ2) is 8.84. The Morgan fingerprint density at radius 3 is 2.27 bits per heavy atom. The van der Waals surface area contributed by atoms with Crippen LogP contribution in [0.1, 0.15) is 107 Å². The number of amides is 1. The Hall–Kier alpha value is -1.38. The lowest BCUT2D eigenvalue weighted by Gasteiger charge is -2.63. The highest BCUT2D eigenvalue weighted by Crippen LogP contribution is 2.89. The molecule has 13 atom stereocenters. The van der Waals surface area contributed by atoms with Crippen LogP contribution in [0.4, 0.5) is 4.79 Å². The lowest BCUT2D eigenvalue weighted by Crippen LogP contribution is -2.60. The zero-order valence-corrected chi connectivity index (χ0v) is 26.4. The van der Waals surface area contributed by atoms with Crippen molar-refractivity contribution in [3.05, 3.63) is 0 Å². The molecule has 2 spiro atoms. The van der Waals surface area contributed by atoms with E-state index in [0.717, 1.165) is 32.1 Å². The van der Waals surface area contributed by atoms with E-state index >= 15 is 0 Å². The molecule has 232 valence electrons. The summed E-state index contributed by atoms with van der Waals surface area (Å²) in [6, 6.07) is 0. The van der Waals surface area contributed by atoms with E-state index in [-0.39, 0.29) is 51.1 Å². The molecule has 0 bridgehead atoms. The Kier molecular flexibility index (Phi) is 6.40. The molecule has 1 unspecified atom stereocenters. The predicted octanol–water partition coefficient (Wildman–Crippen LogP) is 4.97. The number of aliphatic hydroxyl groups excluding tert-OH is 1. The number of primary amides is 1. The SMILES string of the molecule is CC(=O)O[C@@H]([C@H]1C[C@@H](C)[C@H]2[C@H](O1)[C@H](O)[C@@]1(C)[C@@H]3CC[C@H]4C(C)(C)C(OC(N)=O)CC[C@@]45C[C@@]35CC[C@]21C)C(C)(C)O. The summed E-state index contributed by atoms with van der Waals surface area (Å²) in [6.07, 6.45) is 5.02. The van der Waals surface area contributed by atoms with Crippen LogP contribution in [-0.2, 0) is 19.0 Å². The number of rotatable bonds is 4. The van der Waals surface area contributed by atoms with Gasteiger partial charge in [-0.1, -0.05) is 34.6 Å². The first-order valence-electron chi connectivity index (χ1n) is 16.1. The molecule has 1 amide bonds. The summed E-state index contributed by atoms with van der Waals surface area (Å²) >= 11 is 0. The Morgan fingerprint density at radius 1 is 1.02 bits per heavy atom. The van der Waals surface area contributed by atoms with E-state index in [1.54, 1.807) is 13.8 Å². The summed E-state index contributed by atoms with van der Waals surface area (Å²) in [6.45, 7) is 16.2. The molecule has 1 aliphatic heterocycles. The minimum atomic E-state index is -1.26. The summed E-state index contributed by atoms with van der Waals surface area (Å²) in [7, 11) is 0. The fourth-order valence-corrected chi connectivity index (χ4v) is 12.7. The van der Waals surface area contributed by atoms with Crippen LogP contribution in [-0.4, -0.2) is 58.4 Å². The third-order valence-corrected chi connectivity index (χ3v) is 14.4. The van der Waals surface area contributed by atoms with Crippen LogP contribution in [0.2, 0.25) is 0 Å². The predicted molar refractivity (Wildman–Crippen MR) is 152 cm³/mol. The maximum Gasteiger partial charge on any atom is 0.404 e. The van der Waals surface area contributed by atoms with Crippen LogP contribution in [0.3, 0.4) is 0 Å². The first kappa shape index (κ1) is 29.7. The van der Waals surface area contributed by atoms with Crippen LogP contribution in [0.15, 0.2) is 0 Å². The number of fused-ring (bicyclic) bond motifs is 4. The highest BCUT2D eigenvalue weighted by atomic mass is 16.6. The molecule has 1 saturated heterocycles. The molecule has 5 aliphatic carbocycles. The Balaban J connectivity index is 1.32. The summed E-state index contributed by atoms with van der Waals surface area (Å²) in [5.74, 6) is 0.863. The Bertz CT molecular complexity index is 1120. The van der Waals surface area contributed by atoms with Gasteiger partial charge in [0.25, 0.3) is 0 Å². The summed E-state index contributed by atoms with van der Waals surface area (Å²) in [5.41, 5.74) is 4.10. The zero-order valence-electron chi connectivity index (χ0n) is 26.4. The molecular formula is C33H53NO7. The molecule has 5 saturated carbocycles. The number of aliphatic hydroxyl groups is 2. The summed E-state index contributed by atoms with van der Waals surface area (Å²) in [4.78, 5) is 23.7. The molecule has 0 aromatic carbocycles. The summed E-state index contributed by atoms with van der Waals surface area (Å²) < 4.78 is 18.1. The molecule has 1 heterocycles. The monoisotopic (exact) mass is 575 g/mol. The van der Waals surface area contributed by atoms with Gasteiger partial charge in [0.1, 0.15) is 6.10 Å². The second-order valence-electron chi connectivity index (χ2n) is 16.7. The molecule has 41 heavy (non-hydrogen) atoms. The van der Waals surface area contributed by atoms with E-state index < -0.39 is 36.0 Å². The van der Waals surface area contributed by atoms with Gasteiger partial charge in [0.15, 0.2) is 6.10 Å². The van der Waals surface area contributed by atoms with E-state index in [9.17, 15) is 19.8 Å². The highest BCUT2D eigenvalue weighted by Gasteiger charge is 2.84. The molecule has 6 aliphatic rings. The van der Waals surface area contributed by atoms with Crippen LogP contribution < -0.4 is 5.73 Å². The molecular weight excluding hydrogens is 522 g/mol. The van der Waals surface area contributed by atoms with Gasteiger partial charge in [0.2, 0.25) is 0 Å². The van der Waals surface area contributed by atoms with E-state index in [1.165, 1.54) is 19.8 Å². The van der Waals surface area contributed by atoms with Gasteiger partial charge in [0.05, 0.1) is 23.9 Å². The largest absolute Gasteiger partial charge is 0.457 e. The number of hydrogen-bond acceptors (Lipinski definition) is 7. The molecule has 6 fully saturated rings.